The van der Waals surface area contributed by atoms with Crippen molar-refractivity contribution in [3.8, 4) is 17.2 Å². The Morgan fingerprint density at radius 1 is 1.44 bits per heavy atom. The summed E-state index contributed by atoms with van der Waals surface area (Å²) in [5.74, 6) is 1.33. The Bertz CT molecular complexity index is 472. The number of nitrogens with one attached hydrogen (secondary N) is 1. The molecule has 1 aliphatic rings. The average Bonchev–Trinajstić information content (AvgIpc) is 2.84. The topological polar surface area (TPSA) is 73.9 Å². The van der Waals surface area contributed by atoms with Crippen LogP contribution in [0.3, 0.4) is 0 Å². The molecular weight excluding hydrogens is 238 g/mol. The monoisotopic (exact) mass is 251 g/mol. The fraction of sp³-hybridized carbons (Fsp3) is 0.333. The Morgan fingerprint density at radius 2 is 2.17 bits per heavy atom. The molecule has 0 radical (unpaired) electrons. The number of fused-ring (bicyclic) bond motifs is 1. The van der Waals surface area contributed by atoms with Gasteiger partial charge in [-0.25, -0.2) is 0 Å². The molecule has 1 N–H and O–H groups in total. The minimum atomic E-state index is -0.122. The van der Waals surface area contributed by atoms with Gasteiger partial charge in [-0.3, -0.25) is 9.59 Å². The zero-order valence-corrected chi connectivity index (χ0v) is 9.89. The minimum Gasteiger partial charge on any atom is -0.492 e. The number of benzene rings is 1. The molecule has 1 heterocycles. The number of aldehydes is 1. The number of carbonyl (C=O) groups is 2. The first-order chi connectivity index (χ1) is 8.74. The Balaban J connectivity index is 2.07. The molecule has 1 aromatic rings. The lowest BCUT2D eigenvalue weighted by atomic mass is 10.2. The fourth-order valence-electron chi connectivity index (χ4n) is 1.53. The van der Waals surface area contributed by atoms with E-state index in [0.29, 0.717) is 29.1 Å². The van der Waals surface area contributed by atoms with Gasteiger partial charge in [0.15, 0.2) is 17.8 Å². The van der Waals surface area contributed by atoms with Gasteiger partial charge in [0.1, 0.15) is 5.75 Å². The summed E-state index contributed by atoms with van der Waals surface area (Å²) in [4.78, 5) is 22.0. The van der Waals surface area contributed by atoms with Gasteiger partial charge in [0.25, 0.3) is 0 Å². The summed E-state index contributed by atoms with van der Waals surface area (Å²) in [5, 5.41) is 2.49. The number of ether oxygens (including phenoxy) is 3. The standard InChI is InChI=1S/C12H13NO5/c1-13-12(15)2-3-16-9-5-11-10(17-7-18-11)4-8(9)6-14/h4-6H,2-3,7H2,1H3,(H,13,15). The molecule has 0 spiro atoms. The number of rotatable bonds is 5. The van der Waals surface area contributed by atoms with Crippen molar-refractivity contribution in [2.45, 2.75) is 6.42 Å². The fourth-order valence-corrected chi connectivity index (χ4v) is 1.53. The number of hydrogen-bond acceptors (Lipinski definition) is 5. The van der Waals surface area contributed by atoms with Gasteiger partial charge in [0, 0.05) is 13.1 Å². The van der Waals surface area contributed by atoms with Crippen molar-refractivity contribution in [2.75, 3.05) is 20.4 Å². The van der Waals surface area contributed by atoms with E-state index in [1.165, 1.54) is 0 Å². The van der Waals surface area contributed by atoms with Crippen LogP contribution >= 0.6 is 0 Å². The Labute approximate surface area is 104 Å². The molecule has 1 amide bonds. The maximum absolute atomic E-state index is 11.0. The van der Waals surface area contributed by atoms with Gasteiger partial charge >= 0.3 is 0 Å². The van der Waals surface area contributed by atoms with Crippen LogP contribution in [0.1, 0.15) is 16.8 Å². The highest BCUT2D eigenvalue weighted by molar-refractivity contribution is 5.81. The van der Waals surface area contributed by atoms with Gasteiger partial charge in [-0.1, -0.05) is 0 Å². The molecule has 0 aliphatic carbocycles. The number of hydrogen-bond donors (Lipinski definition) is 1. The third-order valence-corrected chi connectivity index (χ3v) is 2.50. The highest BCUT2D eigenvalue weighted by Crippen LogP contribution is 2.37. The molecule has 1 aliphatic heterocycles. The van der Waals surface area contributed by atoms with Crippen LogP contribution in [0.2, 0.25) is 0 Å². The third kappa shape index (κ3) is 2.53. The molecule has 0 saturated heterocycles. The van der Waals surface area contributed by atoms with Crippen LogP contribution in [0.4, 0.5) is 0 Å². The summed E-state index contributed by atoms with van der Waals surface area (Å²) in [6.07, 6.45) is 0.903. The van der Waals surface area contributed by atoms with Crippen LogP contribution < -0.4 is 19.5 Å². The second-order valence-corrected chi connectivity index (χ2v) is 3.63. The van der Waals surface area contributed by atoms with Crippen molar-refractivity contribution in [1.29, 1.82) is 0 Å². The van der Waals surface area contributed by atoms with Gasteiger partial charge in [0.05, 0.1) is 18.6 Å². The molecule has 0 bridgehead atoms. The van der Waals surface area contributed by atoms with Crippen molar-refractivity contribution >= 4 is 12.2 Å². The van der Waals surface area contributed by atoms with Crippen molar-refractivity contribution < 1.29 is 23.8 Å². The molecule has 2 rings (SSSR count). The normalized spacial score (nSPS) is 12.1. The lowest BCUT2D eigenvalue weighted by Crippen LogP contribution is -2.20. The summed E-state index contributed by atoms with van der Waals surface area (Å²) in [5.41, 5.74) is 0.371. The molecule has 1 aromatic carbocycles. The van der Waals surface area contributed by atoms with Gasteiger partial charge in [-0.15, -0.1) is 0 Å². The molecule has 0 unspecified atom stereocenters. The van der Waals surface area contributed by atoms with E-state index in [2.05, 4.69) is 5.32 Å². The quantitative estimate of drug-likeness (QED) is 0.781. The molecule has 6 heteroatoms. The molecule has 6 nitrogen and oxygen atoms in total. The largest absolute Gasteiger partial charge is 0.492 e. The van der Waals surface area contributed by atoms with Gasteiger partial charge < -0.3 is 19.5 Å². The first-order valence-corrected chi connectivity index (χ1v) is 5.47. The second kappa shape index (κ2) is 5.39. The third-order valence-electron chi connectivity index (χ3n) is 2.50. The maximum atomic E-state index is 11.0. The van der Waals surface area contributed by atoms with Crippen LogP contribution in [0.25, 0.3) is 0 Å². The number of carbonyl (C=O) groups excluding carboxylic acids is 2. The van der Waals surface area contributed by atoms with Crippen LogP contribution in [-0.4, -0.2) is 32.6 Å². The van der Waals surface area contributed by atoms with Crippen LogP contribution in [0.15, 0.2) is 12.1 Å². The van der Waals surface area contributed by atoms with Crippen LogP contribution in [0.5, 0.6) is 17.2 Å². The van der Waals surface area contributed by atoms with E-state index < -0.39 is 0 Å². The molecule has 96 valence electrons. The highest BCUT2D eigenvalue weighted by atomic mass is 16.7. The van der Waals surface area contributed by atoms with E-state index in [9.17, 15) is 9.59 Å². The predicted molar refractivity (Wildman–Crippen MR) is 62.1 cm³/mol. The van der Waals surface area contributed by atoms with Gasteiger partial charge in [0.2, 0.25) is 12.7 Å². The minimum absolute atomic E-state index is 0.122. The molecule has 0 atom stereocenters. The first kappa shape index (κ1) is 12.2. The highest BCUT2D eigenvalue weighted by Gasteiger charge is 2.17. The molecule has 18 heavy (non-hydrogen) atoms. The van der Waals surface area contributed by atoms with Crippen molar-refractivity contribution in [3.05, 3.63) is 17.7 Å². The summed E-state index contributed by atoms with van der Waals surface area (Å²) in [6.45, 7) is 0.329. The van der Waals surface area contributed by atoms with Gasteiger partial charge in [-0.05, 0) is 6.07 Å². The Kier molecular flexibility index (Phi) is 3.66. The van der Waals surface area contributed by atoms with Crippen molar-refractivity contribution in [3.63, 3.8) is 0 Å². The average molecular weight is 251 g/mol. The maximum Gasteiger partial charge on any atom is 0.231 e. The molecule has 0 aromatic heterocycles. The van der Waals surface area contributed by atoms with Crippen LogP contribution in [0, 0.1) is 0 Å². The van der Waals surface area contributed by atoms with E-state index in [1.54, 1.807) is 19.2 Å². The van der Waals surface area contributed by atoms with E-state index in [4.69, 9.17) is 14.2 Å². The van der Waals surface area contributed by atoms with Crippen LogP contribution in [-0.2, 0) is 4.79 Å². The molecular formula is C12H13NO5. The zero-order chi connectivity index (χ0) is 13.0. The summed E-state index contributed by atoms with van der Waals surface area (Å²) in [6, 6.07) is 3.15. The Hall–Kier alpha value is -2.24. The first-order valence-electron chi connectivity index (χ1n) is 5.47. The molecule has 0 saturated carbocycles. The van der Waals surface area contributed by atoms with Crippen molar-refractivity contribution in [2.24, 2.45) is 0 Å². The zero-order valence-electron chi connectivity index (χ0n) is 9.89. The molecule has 0 fully saturated rings. The van der Waals surface area contributed by atoms with Gasteiger partial charge in [-0.2, -0.15) is 0 Å². The number of amides is 1. The van der Waals surface area contributed by atoms with E-state index in [-0.39, 0.29) is 25.7 Å². The smallest absolute Gasteiger partial charge is 0.231 e. The Morgan fingerprint density at radius 3 is 2.83 bits per heavy atom. The summed E-state index contributed by atoms with van der Waals surface area (Å²) in [7, 11) is 1.56. The van der Waals surface area contributed by atoms with E-state index in [0.717, 1.165) is 0 Å². The lowest BCUT2D eigenvalue weighted by molar-refractivity contribution is -0.121. The van der Waals surface area contributed by atoms with Crippen molar-refractivity contribution in [1.82, 2.24) is 5.32 Å². The summed E-state index contributed by atoms with van der Waals surface area (Å²) < 4.78 is 15.7. The second-order valence-electron chi connectivity index (χ2n) is 3.63. The summed E-state index contributed by atoms with van der Waals surface area (Å²) >= 11 is 0. The lowest BCUT2D eigenvalue weighted by Gasteiger charge is -2.09. The predicted octanol–water partition coefficient (Wildman–Crippen LogP) is 0.743. The SMILES string of the molecule is CNC(=O)CCOc1cc2c(cc1C=O)OCO2. The van der Waals surface area contributed by atoms with E-state index >= 15 is 0 Å². The van der Waals surface area contributed by atoms with E-state index in [1.807, 2.05) is 0 Å².